The molecule has 2 saturated heterocycles. The second-order valence-electron chi connectivity index (χ2n) is 4.47. The molecule has 0 spiro atoms. The molecule has 4 atom stereocenters. The number of rotatable bonds is 0. The summed E-state index contributed by atoms with van der Waals surface area (Å²) in [7, 11) is 0. The summed E-state index contributed by atoms with van der Waals surface area (Å²) in [5.41, 5.74) is -0.935. The monoisotopic (exact) mass is 157 g/mol. The Labute approximate surface area is 67.4 Å². The van der Waals surface area contributed by atoms with E-state index < -0.39 is 5.67 Å². The van der Waals surface area contributed by atoms with Crippen LogP contribution in [0.25, 0.3) is 0 Å². The highest BCUT2D eigenvalue weighted by Crippen LogP contribution is 2.39. The van der Waals surface area contributed by atoms with Crippen LogP contribution in [0.3, 0.4) is 0 Å². The largest absolute Gasteiger partial charge is 0.308 e. The van der Waals surface area contributed by atoms with Gasteiger partial charge in [0.05, 0.1) is 0 Å². The van der Waals surface area contributed by atoms with Crippen molar-refractivity contribution in [3.05, 3.63) is 0 Å². The normalized spacial score (nSPS) is 56.5. The molecule has 2 bridgehead atoms. The molecule has 0 saturated carbocycles. The number of hydrogen-bond acceptors (Lipinski definition) is 1. The fourth-order valence-electron chi connectivity index (χ4n) is 2.59. The molecule has 0 aliphatic carbocycles. The number of hydrogen-bond donors (Lipinski definition) is 1. The SMILES string of the molecule is CC1CC2CC(C)(F)C(C1)N2. The lowest BCUT2D eigenvalue weighted by Crippen LogP contribution is -2.42. The van der Waals surface area contributed by atoms with Crippen LogP contribution in [-0.2, 0) is 0 Å². The molecule has 64 valence electrons. The molecule has 2 heteroatoms. The lowest BCUT2D eigenvalue weighted by molar-refractivity contribution is 0.155. The molecule has 0 amide bonds. The van der Waals surface area contributed by atoms with Gasteiger partial charge in [0, 0.05) is 12.1 Å². The van der Waals surface area contributed by atoms with E-state index in [1.807, 2.05) is 0 Å². The first-order valence-corrected chi connectivity index (χ1v) is 4.53. The van der Waals surface area contributed by atoms with E-state index in [-0.39, 0.29) is 6.04 Å². The minimum Gasteiger partial charge on any atom is -0.308 e. The number of piperidine rings is 1. The maximum absolute atomic E-state index is 13.7. The average molecular weight is 157 g/mol. The van der Waals surface area contributed by atoms with Crippen LogP contribution in [0.15, 0.2) is 0 Å². The second-order valence-corrected chi connectivity index (χ2v) is 4.47. The molecule has 2 rings (SSSR count). The highest BCUT2D eigenvalue weighted by atomic mass is 19.1. The summed E-state index contributed by atoms with van der Waals surface area (Å²) in [5.74, 6) is 0.712. The third-order valence-corrected chi connectivity index (χ3v) is 3.13. The standard InChI is InChI=1S/C9H16FN/c1-6-3-7-5-9(2,10)8(4-6)11-7/h6-8,11H,3-5H2,1-2H3. The average Bonchev–Trinajstić information content (AvgIpc) is 2.02. The molecular formula is C9H16FN. The molecule has 1 nitrogen and oxygen atoms in total. The van der Waals surface area contributed by atoms with Gasteiger partial charge in [0.1, 0.15) is 5.67 Å². The van der Waals surface area contributed by atoms with Gasteiger partial charge in [0.15, 0.2) is 0 Å². The van der Waals surface area contributed by atoms with Gasteiger partial charge >= 0.3 is 0 Å². The van der Waals surface area contributed by atoms with Crippen molar-refractivity contribution in [2.75, 3.05) is 0 Å². The smallest absolute Gasteiger partial charge is 0.125 e. The van der Waals surface area contributed by atoms with Gasteiger partial charge in [-0.15, -0.1) is 0 Å². The number of alkyl halides is 1. The summed E-state index contributed by atoms with van der Waals surface area (Å²) in [6.45, 7) is 3.96. The molecule has 0 aromatic rings. The predicted octanol–water partition coefficient (Wildman–Crippen LogP) is 1.88. The fourth-order valence-corrected chi connectivity index (χ4v) is 2.59. The van der Waals surface area contributed by atoms with E-state index in [4.69, 9.17) is 0 Å². The highest BCUT2D eigenvalue weighted by Gasteiger charge is 2.47. The molecule has 2 fully saturated rings. The van der Waals surface area contributed by atoms with Crippen molar-refractivity contribution in [1.82, 2.24) is 5.32 Å². The molecular weight excluding hydrogens is 141 g/mol. The lowest BCUT2D eigenvalue weighted by Gasteiger charge is -2.28. The summed E-state index contributed by atoms with van der Waals surface area (Å²) in [5, 5.41) is 3.34. The quantitative estimate of drug-likeness (QED) is 0.566. The van der Waals surface area contributed by atoms with Crippen molar-refractivity contribution >= 4 is 0 Å². The minimum absolute atomic E-state index is 0.135. The van der Waals surface area contributed by atoms with Crippen LogP contribution in [-0.4, -0.2) is 17.8 Å². The van der Waals surface area contributed by atoms with Gasteiger partial charge in [-0.25, -0.2) is 4.39 Å². The lowest BCUT2D eigenvalue weighted by atomic mass is 9.92. The zero-order chi connectivity index (χ0) is 8.06. The minimum atomic E-state index is -0.935. The van der Waals surface area contributed by atoms with Crippen LogP contribution in [0.5, 0.6) is 0 Å². The van der Waals surface area contributed by atoms with Crippen LogP contribution in [0.2, 0.25) is 0 Å². The zero-order valence-electron chi connectivity index (χ0n) is 7.23. The van der Waals surface area contributed by atoms with Gasteiger partial charge in [0.25, 0.3) is 0 Å². The Bertz CT molecular complexity index is 167. The molecule has 2 aliphatic rings. The van der Waals surface area contributed by atoms with E-state index in [1.54, 1.807) is 6.92 Å². The summed E-state index contributed by atoms with van der Waals surface area (Å²) < 4.78 is 13.7. The van der Waals surface area contributed by atoms with Crippen LogP contribution in [0.1, 0.15) is 33.1 Å². The van der Waals surface area contributed by atoms with Crippen LogP contribution in [0.4, 0.5) is 4.39 Å². The van der Waals surface area contributed by atoms with E-state index in [2.05, 4.69) is 12.2 Å². The second kappa shape index (κ2) is 2.19. The first kappa shape index (κ1) is 7.53. The Morgan fingerprint density at radius 3 is 2.82 bits per heavy atom. The van der Waals surface area contributed by atoms with Gasteiger partial charge in [-0.2, -0.15) is 0 Å². The topological polar surface area (TPSA) is 12.0 Å². The van der Waals surface area contributed by atoms with Gasteiger partial charge < -0.3 is 5.32 Å². The molecule has 2 heterocycles. The fraction of sp³-hybridized carbons (Fsp3) is 1.00. The first-order valence-electron chi connectivity index (χ1n) is 4.53. The van der Waals surface area contributed by atoms with Crippen LogP contribution in [0, 0.1) is 5.92 Å². The Hall–Kier alpha value is -0.110. The molecule has 2 aliphatic heterocycles. The van der Waals surface area contributed by atoms with Crippen molar-refractivity contribution in [2.24, 2.45) is 5.92 Å². The third kappa shape index (κ3) is 1.18. The van der Waals surface area contributed by atoms with Gasteiger partial charge in [-0.1, -0.05) is 6.92 Å². The zero-order valence-corrected chi connectivity index (χ0v) is 7.23. The molecule has 0 radical (unpaired) electrons. The van der Waals surface area contributed by atoms with E-state index in [1.165, 1.54) is 0 Å². The van der Waals surface area contributed by atoms with Crippen molar-refractivity contribution in [1.29, 1.82) is 0 Å². The molecule has 0 aromatic carbocycles. The predicted molar refractivity (Wildman–Crippen MR) is 43.2 cm³/mol. The maximum Gasteiger partial charge on any atom is 0.125 e. The van der Waals surface area contributed by atoms with Crippen molar-refractivity contribution in [2.45, 2.75) is 50.9 Å². The van der Waals surface area contributed by atoms with Crippen LogP contribution >= 0.6 is 0 Å². The molecule has 0 aromatic heterocycles. The van der Waals surface area contributed by atoms with E-state index in [9.17, 15) is 4.39 Å². The first-order chi connectivity index (χ1) is 5.08. The van der Waals surface area contributed by atoms with Gasteiger partial charge in [-0.05, 0) is 32.1 Å². The highest BCUT2D eigenvalue weighted by molar-refractivity contribution is 5.04. The molecule has 11 heavy (non-hydrogen) atoms. The Morgan fingerprint density at radius 2 is 2.18 bits per heavy atom. The van der Waals surface area contributed by atoms with Gasteiger partial charge in [-0.3, -0.25) is 0 Å². The van der Waals surface area contributed by atoms with Crippen molar-refractivity contribution in [3.8, 4) is 0 Å². The van der Waals surface area contributed by atoms with E-state index in [0.717, 1.165) is 19.3 Å². The van der Waals surface area contributed by atoms with Gasteiger partial charge in [0.2, 0.25) is 0 Å². The number of nitrogens with one attached hydrogen (secondary N) is 1. The molecule has 1 N–H and O–H groups in total. The molecule has 4 unspecified atom stereocenters. The van der Waals surface area contributed by atoms with E-state index >= 15 is 0 Å². The van der Waals surface area contributed by atoms with Crippen LogP contribution < -0.4 is 5.32 Å². The summed E-state index contributed by atoms with van der Waals surface area (Å²) in [4.78, 5) is 0. The maximum atomic E-state index is 13.7. The number of halogens is 1. The Kier molecular flexibility index (Phi) is 1.50. The Morgan fingerprint density at radius 1 is 1.45 bits per heavy atom. The Balaban J connectivity index is 2.14. The third-order valence-electron chi connectivity index (χ3n) is 3.13. The van der Waals surface area contributed by atoms with Crippen molar-refractivity contribution in [3.63, 3.8) is 0 Å². The summed E-state index contributed by atoms with van der Waals surface area (Å²) in [6, 6.07) is 0.593. The summed E-state index contributed by atoms with van der Waals surface area (Å²) in [6.07, 6.45) is 2.90. The number of fused-ring (bicyclic) bond motifs is 2. The van der Waals surface area contributed by atoms with E-state index in [0.29, 0.717) is 12.0 Å². The van der Waals surface area contributed by atoms with Crippen molar-refractivity contribution < 1.29 is 4.39 Å². The summed E-state index contributed by atoms with van der Waals surface area (Å²) >= 11 is 0.